The number of benzene rings is 5. The molecule has 0 aromatic heterocycles. The third kappa shape index (κ3) is 5.11. The van der Waals surface area contributed by atoms with E-state index >= 15 is 0 Å². The molecule has 6 rings (SSSR count). The van der Waals surface area contributed by atoms with Crippen LogP contribution in [0.1, 0.15) is 22.3 Å². The van der Waals surface area contributed by atoms with Gasteiger partial charge in [-0.2, -0.15) is 0 Å². The summed E-state index contributed by atoms with van der Waals surface area (Å²) in [6.45, 7) is 4.33. The van der Waals surface area contributed by atoms with Crippen LogP contribution >= 0.6 is 0 Å². The van der Waals surface area contributed by atoms with Gasteiger partial charge in [0, 0.05) is 18.5 Å². The Labute approximate surface area is 247 Å². The predicted octanol–water partition coefficient (Wildman–Crippen LogP) is 6.40. The molecular formula is C34H32N2O4S2. The topological polar surface area (TPSA) is 83.6 Å². The molecule has 1 N–H and O–H groups in total. The molecule has 0 saturated carbocycles. The number of fused-ring (bicyclic) bond motifs is 3. The second kappa shape index (κ2) is 11.0. The van der Waals surface area contributed by atoms with Gasteiger partial charge in [0.05, 0.1) is 15.5 Å². The van der Waals surface area contributed by atoms with E-state index in [0.29, 0.717) is 25.1 Å². The molecule has 0 radical (unpaired) electrons. The van der Waals surface area contributed by atoms with Crippen LogP contribution in [0.2, 0.25) is 0 Å². The highest BCUT2D eigenvalue weighted by Gasteiger charge is 2.35. The van der Waals surface area contributed by atoms with Crippen molar-refractivity contribution in [3.05, 3.63) is 125 Å². The Morgan fingerprint density at radius 1 is 0.690 bits per heavy atom. The van der Waals surface area contributed by atoms with Gasteiger partial charge in [-0.15, -0.1) is 0 Å². The molecule has 5 aromatic carbocycles. The Hall–Kier alpha value is -3.98. The van der Waals surface area contributed by atoms with Crippen molar-refractivity contribution in [2.24, 2.45) is 0 Å². The lowest BCUT2D eigenvalue weighted by atomic mass is 9.87. The Morgan fingerprint density at radius 3 is 1.90 bits per heavy atom. The van der Waals surface area contributed by atoms with Crippen LogP contribution < -0.4 is 9.03 Å². The van der Waals surface area contributed by atoms with Gasteiger partial charge in [-0.05, 0) is 78.6 Å². The lowest BCUT2D eigenvalue weighted by molar-refractivity contribution is 0.581. The number of sulfonamides is 2. The highest BCUT2D eigenvalue weighted by atomic mass is 32.2. The highest BCUT2D eigenvalue weighted by molar-refractivity contribution is 7.93. The molecule has 8 heteroatoms. The summed E-state index contributed by atoms with van der Waals surface area (Å²) in [5, 5.41) is 1.80. The predicted molar refractivity (Wildman–Crippen MR) is 169 cm³/mol. The molecule has 0 unspecified atom stereocenters. The summed E-state index contributed by atoms with van der Waals surface area (Å²) in [7, 11) is -7.53. The molecule has 0 spiro atoms. The van der Waals surface area contributed by atoms with E-state index in [4.69, 9.17) is 0 Å². The van der Waals surface area contributed by atoms with Crippen molar-refractivity contribution in [1.82, 2.24) is 4.72 Å². The normalized spacial score (nSPS) is 13.4. The maximum Gasteiger partial charge on any atom is 0.264 e. The van der Waals surface area contributed by atoms with Crippen LogP contribution in [0.15, 0.2) is 113 Å². The van der Waals surface area contributed by atoms with Crippen molar-refractivity contribution < 1.29 is 16.8 Å². The fourth-order valence-corrected chi connectivity index (χ4v) is 8.35. The van der Waals surface area contributed by atoms with Crippen LogP contribution in [0.4, 0.5) is 5.69 Å². The molecule has 0 atom stereocenters. The minimum atomic E-state index is -3.82. The smallest absolute Gasteiger partial charge is 0.264 e. The molecule has 42 heavy (non-hydrogen) atoms. The van der Waals surface area contributed by atoms with Gasteiger partial charge in [0.2, 0.25) is 10.0 Å². The van der Waals surface area contributed by atoms with Crippen molar-refractivity contribution >= 4 is 36.5 Å². The Balaban J connectivity index is 1.48. The van der Waals surface area contributed by atoms with Gasteiger partial charge < -0.3 is 0 Å². The van der Waals surface area contributed by atoms with E-state index in [2.05, 4.69) is 4.72 Å². The lowest BCUT2D eigenvalue weighted by Crippen LogP contribution is -2.29. The minimum Gasteiger partial charge on any atom is -0.265 e. The molecule has 6 nitrogen and oxygen atoms in total. The van der Waals surface area contributed by atoms with Crippen molar-refractivity contribution in [2.45, 2.75) is 36.5 Å². The first kappa shape index (κ1) is 28.2. The summed E-state index contributed by atoms with van der Waals surface area (Å²) in [5.41, 5.74) is 6.58. The molecule has 0 fully saturated rings. The highest BCUT2D eigenvalue weighted by Crippen LogP contribution is 2.46. The molecule has 5 aromatic rings. The third-order valence-corrected chi connectivity index (χ3v) is 11.2. The quantitative estimate of drug-likeness (QED) is 0.225. The van der Waals surface area contributed by atoms with Crippen LogP contribution in [0.25, 0.3) is 21.9 Å². The van der Waals surface area contributed by atoms with Crippen LogP contribution in [0, 0.1) is 13.8 Å². The minimum absolute atomic E-state index is 0.172. The second-order valence-electron chi connectivity index (χ2n) is 10.7. The number of hydrogen-bond donors (Lipinski definition) is 1. The van der Waals surface area contributed by atoms with E-state index in [1.165, 1.54) is 4.31 Å². The van der Waals surface area contributed by atoms with Gasteiger partial charge in [0.15, 0.2) is 0 Å². The average molecular weight is 597 g/mol. The van der Waals surface area contributed by atoms with Crippen LogP contribution in [0.3, 0.4) is 0 Å². The van der Waals surface area contributed by atoms with E-state index in [1.54, 1.807) is 36.4 Å². The number of hydrogen-bond acceptors (Lipinski definition) is 4. The molecule has 0 amide bonds. The zero-order chi connectivity index (χ0) is 29.5. The van der Waals surface area contributed by atoms with Crippen molar-refractivity contribution in [3.63, 3.8) is 0 Å². The van der Waals surface area contributed by atoms with Crippen molar-refractivity contribution in [1.29, 1.82) is 0 Å². The third-order valence-electron chi connectivity index (χ3n) is 7.89. The molecular weight excluding hydrogens is 565 g/mol. The summed E-state index contributed by atoms with van der Waals surface area (Å²) in [4.78, 5) is 0.472. The van der Waals surface area contributed by atoms with E-state index in [1.807, 2.05) is 80.6 Å². The maximum absolute atomic E-state index is 14.0. The van der Waals surface area contributed by atoms with Gasteiger partial charge in [0.25, 0.3) is 10.0 Å². The monoisotopic (exact) mass is 596 g/mol. The fourth-order valence-electron chi connectivity index (χ4n) is 5.81. The molecule has 0 bridgehead atoms. The van der Waals surface area contributed by atoms with Crippen molar-refractivity contribution in [3.8, 4) is 11.1 Å². The SMILES string of the molecule is Cc1ccc(S(=O)(=O)NCCc2c3c(c4ccccc4c2-c2ccccc2)N(S(=O)(=O)c2ccc(C)cc2)CC3)cc1. The first-order chi connectivity index (χ1) is 20.2. The maximum atomic E-state index is 14.0. The molecule has 0 aliphatic carbocycles. The van der Waals surface area contributed by atoms with Crippen LogP contribution in [-0.4, -0.2) is 29.9 Å². The summed E-state index contributed by atoms with van der Waals surface area (Å²) in [5.74, 6) is 0. The molecule has 1 aliphatic rings. The number of aryl methyl sites for hydroxylation is 2. The summed E-state index contributed by atoms with van der Waals surface area (Å²) >= 11 is 0. The Morgan fingerprint density at radius 2 is 1.26 bits per heavy atom. The number of anilines is 1. The Bertz CT molecular complexity index is 1990. The van der Waals surface area contributed by atoms with Gasteiger partial charge >= 0.3 is 0 Å². The van der Waals surface area contributed by atoms with Crippen molar-refractivity contribution in [2.75, 3.05) is 17.4 Å². The van der Waals surface area contributed by atoms with Crippen LogP contribution in [-0.2, 0) is 32.9 Å². The van der Waals surface area contributed by atoms with Gasteiger partial charge in [0.1, 0.15) is 0 Å². The molecule has 0 saturated heterocycles. The van der Waals surface area contributed by atoms with Gasteiger partial charge in [-0.25, -0.2) is 21.6 Å². The lowest BCUT2D eigenvalue weighted by Gasteiger charge is -2.24. The number of rotatable bonds is 8. The van der Waals surface area contributed by atoms with Gasteiger partial charge in [-0.3, -0.25) is 4.31 Å². The number of nitrogens with one attached hydrogen (secondary N) is 1. The molecule has 1 heterocycles. The first-order valence-corrected chi connectivity index (χ1v) is 16.9. The van der Waals surface area contributed by atoms with E-state index in [9.17, 15) is 16.8 Å². The van der Waals surface area contributed by atoms with E-state index in [-0.39, 0.29) is 16.3 Å². The molecule has 1 aliphatic heterocycles. The second-order valence-corrected chi connectivity index (χ2v) is 14.3. The van der Waals surface area contributed by atoms with E-state index < -0.39 is 20.0 Å². The standard InChI is InChI=1S/C34H32N2O4S2/c1-24-12-16-27(17-13-24)41(37,38)35-22-20-30-32-21-23-36(42(39,40)28-18-14-25(2)15-19-28)34(32)31-11-7-6-10-29(31)33(30)26-8-4-3-5-9-26/h3-19,35H,20-23H2,1-2H3. The molecule has 214 valence electrons. The van der Waals surface area contributed by atoms with E-state index in [0.717, 1.165) is 44.2 Å². The first-order valence-electron chi connectivity index (χ1n) is 13.9. The fraction of sp³-hybridized carbons (Fsp3) is 0.176. The zero-order valence-electron chi connectivity index (χ0n) is 23.5. The summed E-state index contributed by atoms with van der Waals surface area (Å²) in [6, 6.07) is 31.6. The van der Waals surface area contributed by atoms with Gasteiger partial charge in [-0.1, -0.05) is 90.0 Å². The summed E-state index contributed by atoms with van der Waals surface area (Å²) < 4.78 is 58.5. The average Bonchev–Trinajstić information content (AvgIpc) is 3.45. The number of nitrogens with zero attached hydrogens (tertiary/aromatic N) is 1. The Kier molecular flexibility index (Phi) is 7.39. The zero-order valence-corrected chi connectivity index (χ0v) is 25.2. The summed E-state index contributed by atoms with van der Waals surface area (Å²) in [6.07, 6.45) is 0.937. The van der Waals surface area contributed by atoms with Crippen LogP contribution in [0.5, 0.6) is 0 Å². The largest absolute Gasteiger partial charge is 0.265 e.